The lowest BCUT2D eigenvalue weighted by molar-refractivity contribution is 0.276. The first-order chi connectivity index (χ1) is 4.58. The molecular weight excluding hydrogens is 122 g/mol. The van der Waals surface area contributed by atoms with Gasteiger partial charge in [-0.2, -0.15) is 0 Å². The van der Waals surface area contributed by atoms with Gasteiger partial charge >= 0.3 is 0 Å². The average Bonchev–Trinajstić information content (AvgIpc) is 2.46. The Morgan fingerprint density at radius 2 is 2.00 bits per heavy atom. The quantitative estimate of drug-likeness (QED) is 0.639. The van der Waals surface area contributed by atoms with Crippen LogP contribution < -0.4 is 5.73 Å². The fraction of sp³-hybridized carbons (Fsp3) is 1.00. The van der Waals surface area contributed by atoms with Crippen LogP contribution in [0, 0.1) is 17.3 Å². The van der Waals surface area contributed by atoms with Crippen LogP contribution >= 0.6 is 0 Å². The average molecular weight is 141 g/mol. The molecule has 0 aromatic rings. The second-order valence-electron chi connectivity index (χ2n) is 4.35. The number of hydrogen-bond donors (Lipinski definition) is 1. The molecule has 0 spiro atoms. The van der Waals surface area contributed by atoms with Crippen molar-refractivity contribution < 1.29 is 0 Å². The SMILES string of the molecule is CC1CC1C(C)(C)CCN. The van der Waals surface area contributed by atoms with Gasteiger partial charge in [-0.05, 0) is 36.6 Å². The highest BCUT2D eigenvalue weighted by Gasteiger charge is 2.43. The van der Waals surface area contributed by atoms with Crippen molar-refractivity contribution in [3.8, 4) is 0 Å². The molecule has 1 nitrogen and oxygen atoms in total. The van der Waals surface area contributed by atoms with Gasteiger partial charge in [0.05, 0.1) is 0 Å². The molecule has 0 aromatic heterocycles. The van der Waals surface area contributed by atoms with Gasteiger partial charge in [-0.3, -0.25) is 0 Å². The molecule has 1 heteroatoms. The molecule has 10 heavy (non-hydrogen) atoms. The zero-order valence-corrected chi connectivity index (χ0v) is 7.35. The first-order valence-corrected chi connectivity index (χ1v) is 4.28. The Bertz CT molecular complexity index is 118. The van der Waals surface area contributed by atoms with E-state index in [1.165, 1.54) is 12.8 Å². The van der Waals surface area contributed by atoms with E-state index in [1.54, 1.807) is 0 Å². The highest BCUT2D eigenvalue weighted by atomic mass is 14.6. The van der Waals surface area contributed by atoms with Crippen molar-refractivity contribution in [2.24, 2.45) is 23.0 Å². The molecule has 1 saturated carbocycles. The topological polar surface area (TPSA) is 26.0 Å². The molecule has 2 unspecified atom stereocenters. The van der Waals surface area contributed by atoms with Crippen LogP contribution in [0.3, 0.4) is 0 Å². The summed E-state index contributed by atoms with van der Waals surface area (Å²) in [5.41, 5.74) is 6.03. The number of hydrogen-bond acceptors (Lipinski definition) is 1. The summed E-state index contributed by atoms with van der Waals surface area (Å²) in [7, 11) is 0. The predicted molar refractivity (Wildman–Crippen MR) is 44.7 cm³/mol. The second-order valence-corrected chi connectivity index (χ2v) is 4.35. The number of nitrogens with two attached hydrogens (primary N) is 1. The van der Waals surface area contributed by atoms with Gasteiger partial charge in [0.15, 0.2) is 0 Å². The Labute approximate surface area is 64.0 Å². The third-order valence-corrected chi connectivity index (χ3v) is 2.90. The third-order valence-electron chi connectivity index (χ3n) is 2.90. The van der Waals surface area contributed by atoms with Gasteiger partial charge in [0.2, 0.25) is 0 Å². The van der Waals surface area contributed by atoms with E-state index in [-0.39, 0.29) is 0 Å². The fourth-order valence-corrected chi connectivity index (χ4v) is 1.97. The van der Waals surface area contributed by atoms with E-state index in [1.807, 2.05) is 0 Å². The molecule has 0 amide bonds. The lowest BCUT2D eigenvalue weighted by Gasteiger charge is -2.23. The lowest BCUT2D eigenvalue weighted by Crippen LogP contribution is -2.19. The van der Waals surface area contributed by atoms with E-state index in [4.69, 9.17) is 5.73 Å². The monoisotopic (exact) mass is 141 g/mol. The van der Waals surface area contributed by atoms with Gasteiger partial charge in [0, 0.05) is 0 Å². The van der Waals surface area contributed by atoms with E-state index in [0.29, 0.717) is 5.41 Å². The van der Waals surface area contributed by atoms with E-state index in [0.717, 1.165) is 18.4 Å². The molecule has 0 heterocycles. The minimum Gasteiger partial charge on any atom is -0.330 e. The van der Waals surface area contributed by atoms with Crippen molar-refractivity contribution >= 4 is 0 Å². The molecule has 0 aromatic carbocycles. The maximum absolute atomic E-state index is 5.53. The van der Waals surface area contributed by atoms with Crippen molar-refractivity contribution in [1.82, 2.24) is 0 Å². The molecule has 1 rings (SSSR count). The van der Waals surface area contributed by atoms with E-state index in [9.17, 15) is 0 Å². The smallest absolute Gasteiger partial charge is 0.00721 e. The van der Waals surface area contributed by atoms with E-state index >= 15 is 0 Å². The first kappa shape index (κ1) is 8.06. The summed E-state index contributed by atoms with van der Waals surface area (Å²) < 4.78 is 0. The summed E-state index contributed by atoms with van der Waals surface area (Å²) in [5, 5.41) is 0. The molecule has 1 fully saturated rings. The van der Waals surface area contributed by atoms with Crippen molar-refractivity contribution in [3.63, 3.8) is 0 Å². The molecule has 2 N–H and O–H groups in total. The van der Waals surface area contributed by atoms with Crippen molar-refractivity contribution in [1.29, 1.82) is 0 Å². The summed E-state index contributed by atoms with van der Waals surface area (Å²) in [6.07, 6.45) is 2.61. The van der Waals surface area contributed by atoms with Gasteiger partial charge in [-0.1, -0.05) is 20.8 Å². The molecule has 60 valence electrons. The highest BCUT2D eigenvalue weighted by Crippen LogP contribution is 2.51. The third kappa shape index (κ3) is 1.51. The van der Waals surface area contributed by atoms with Crippen LogP contribution in [-0.2, 0) is 0 Å². The first-order valence-electron chi connectivity index (χ1n) is 4.28. The van der Waals surface area contributed by atoms with E-state index in [2.05, 4.69) is 20.8 Å². The lowest BCUT2D eigenvalue weighted by atomic mass is 9.83. The van der Waals surface area contributed by atoms with Gasteiger partial charge in [-0.25, -0.2) is 0 Å². The van der Waals surface area contributed by atoms with Gasteiger partial charge in [-0.15, -0.1) is 0 Å². The summed E-state index contributed by atoms with van der Waals surface area (Å²) in [4.78, 5) is 0. The fourth-order valence-electron chi connectivity index (χ4n) is 1.97. The molecule has 1 aliphatic rings. The summed E-state index contributed by atoms with van der Waals surface area (Å²) >= 11 is 0. The molecule has 0 radical (unpaired) electrons. The Balaban J connectivity index is 2.36. The van der Waals surface area contributed by atoms with Crippen LogP contribution in [0.4, 0.5) is 0 Å². The van der Waals surface area contributed by atoms with Crippen LogP contribution in [0.2, 0.25) is 0 Å². The van der Waals surface area contributed by atoms with Crippen LogP contribution in [0.1, 0.15) is 33.6 Å². The molecule has 0 saturated heterocycles. The van der Waals surface area contributed by atoms with Gasteiger partial charge < -0.3 is 5.73 Å². The molecule has 0 aliphatic heterocycles. The number of rotatable bonds is 3. The second kappa shape index (κ2) is 2.54. The zero-order chi connectivity index (χ0) is 7.78. The minimum absolute atomic E-state index is 0.508. The Morgan fingerprint density at radius 1 is 1.50 bits per heavy atom. The van der Waals surface area contributed by atoms with Gasteiger partial charge in [0.1, 0.15) is 0 Å². The van der Waals surface area contributed by atoms with Crippen LogP contribution in [-0.4, -0.2) is 6.54 Å². The zero-order valence-electron chi connectivity index (χ0n) is 7.35. The Kier molecular flexibility index (Phi) is 2.04. The van der Waals surface area contributed by atoms with Crippen LogP contribution in [0.25, 0.3) is 0 Å². The summed E-state index contributed by atoms with van der Waals surface area (Å²) in [5.74, 6) is 1.91. The maximum Gasteiger partial charge on any atom is -0.00721 e. The Hall–Kier alpha value is -0.0400. The Morgan fingerprint density at radius 3 is 2.30 bits per heavy atom. The van der Waals surface area contributed by atoms with E-state index < -0.39 is 0 Å². The standard InChI is InChI=1S/C9H19N/c1-7-6-8(7)9(2,3)4-5-10/h7-8H,4-6,10H2,1-3H3. The largest absolute Gasteiger partial charge is 0.330 e. The molecule has 1 aliphatic carbocycles. The summed E-state index contributed by atoms with van der Waals surface area (Å²) in [6.45, 7) is 7.86. The molecule has 0 bridgehead atoms. The minimum atomic E-state index is 0.508. The van der Waals surface area contributed by atoms with Crippen molar-refractivity contribution in [2.75, 3.05) is 6.54 Å². The van der Waals surface area contributed by atoms with Crippen molar-refractivity contribution in [3.05, 3.63) is 0 Å². The molecular formula is C9H19N. The van der Waals surface area contributed by atoms with Crippen molar-refractivity contribution in [2.45, 2.75) is 33.6 Å². The normalized spacial score (nSPS) is 32.4. The van der Waals surface area contributed by atoms with Crippen LogP contribution in [0.15, 0.2) is 0 Å². The summed E-state index contributed by atoms with van der Waals surface area (Å²) in [6, 6.07) is 0. The molecule has 2 atom stereocenters. The predicted octanol–water partition coefficient (Wildman–Crippen LogP) is 2.02. The van der Waals surface area contributed by atoms with Gasteiger partial charge in [0.25, 0.3) is 0 Å². The highest BCUT2D eigenvalue weighted by molar-refractivity contribution is 4.93. The van der Waals surface area contributed by atoms with Crippen LogP contribution in [0.5, 0.6) is 0 Å². The maximum atomic E-state index is 5.53.